The van der Waals surface area contributed by atoms with Crippen molar-refractivity contribution in [2.75, 3.05) is 6.61 Å². The molecule has 0 spiro atoms. The molecule has 0 heterocycles. The average Bonchev–Trinajstić information content (AvgIpc) is 2.14. The lowest BCUT2D eigenvalue weighted by Gasteiger charge is -2.10. The number of rotatable bonds is 4. The molecule has 3 nitrogen and oxygen atoms in total. The van der Waals surface area contributed by atoms with E-state index in [-0.39, 0.29) is 4.90 Å². The zero-order valence-corrected chi connectivity index (χ0v) is 12.1. The van der Waals surface area contributed by atoms with Crippen LogP contribution >= 0.6 is 26.6 Å². The van der Waals surface area contributed by atoms with Crippen molar-refractivity contribution in [2.45, 2.75) is 18.7 Å². The monoisotopic (exact) mass is 326 g/mol. The SMILES string of the molecule is CC(C)COc1ccc(Br)c(S(=O)(=O)Cl)c1. The quantitative estimate of drug-likeness (QED) is 0.796. The van der Waals surface area contributed by atoms with Crippen LogP contribution < -0.4 is 4.74 Å². The van der Waals surface area contributed by atoms with E-state index in [1.165, 1.54) is 6.07 Å². The summed E-state index contributed by atoms with van der Waals surface area (Å²) in [4.78, 5) is 0.0235. The van der Waals surface area contributed by atoms with E-state index in [2.05, 4.69) is 15.9 Å². The lowest BCUT2D eigenvalue weighted by atomic mass is 10.2. The zero-order valence-electron chi connectivity index (χ0n) is 8.91. The van der Waals surface area contributed by atoms with Crippen molar-refractivity contribution in [1.29, 1.82) is 0 Å². The molecule has 0 radical (unpaired) electrons. The van der Waals surface area contributed by atoms with Gasteiger partial charge in [0.05, 0.1) is 6.61 Å². The lowest BCUT2D eigenvalue weighted by Crippen LogP contribution is -2.05. The Morgan fingerprint density at radius 2 is 2.06 bits per heavy atom. The second kappa shape index (κ2) is 5.38. The van der Waals surface area contributed by atoms with Crippen molar-refractivity contribution in [2.24, 2.45) is 5.92 Å². The minimum absolute atomic E-state index is 0.0235. The van der Waals surface area contributed by atoms with Crippen LogP contribution in [0.3, 0.4) is 0 Å². The first-order valence-electron chi connectivity index (χ1n) is 4.67. The maximum Gasteiger partial charge on any atom is 0.262 e. The van der Waals surface area contributed by atoms with Crippen molar-refractivity contribution < 1.29 is 13.2 Å². The van der Waals surface area contributed by atoms with Crippen LogP contribution in [0.15, 0.2) is 27.6 Å². The highest BCUT2D eigenvalue weighted by Gasteiger charge is 2.15. The summed E-state index contributed by atoms with van der Waals surface area (Å²) in [5.41, 5.74) is 0. The molecule has 0 unspecified atom stereocenters. The summed E-state index contributed by atoms with van der Waals surface area (Å²) < 4.78 is 28.3. The van der Waals surface area contributed by atoms with Crippen molar-refractivity contribution in [3.8, 4) is 5.75 Å². The second-order valence-corrected chi connectivity index (χ2v) is 7.12. The molecule has 0 saturated carbocycles. The Morgan fingerprint density at radius 3 is 2.56 bits per heavy atom. The average molecular weight is 328 g/mol. The van der Waals surface area contributed by atoms with Gasteiger partial charge in [-0.25, -0.2) is 8.42 Å². The molecule has 0 bridgehead atoms. The minimum Gasteiger partial charge on any atom is -0.493 e. The summed E-state index contributed by atoms with van der Waals surface area (Å²) in [7, 11) is 1.54. The van der Waals surface area contributed by atoms with E-state index in [1.807, 2.05) is 13.8 Å². The maximum absolute atomic E-state index is 11.2. The third-order valence-corrected chi connectivity index (χ3v) is 4.06. The minimum atomic E-state index is -3.75. The second-order valence-electron chi connectivity index (χ2n) is 3.73. The van der Waals surface area contributed by atoms with Crippen LogP contribution in [-0.4, -0.2) is 15.0 Å². The van der Waals surface area contributed by atoms with Gasteiger partial charge in [-0.2, -0.15) is 0 Å². The molecule has 0 N–H and O–H groups in total. The highest BCUT2D eigenvalue weighted by atomic mass is 79.9. The molecule has 1 rings (SSSR count). The van der Waals surface area contributed by atoms with Crippen LogP contribution in [0.25, 0.3) is 0 Å². The van der Waals surface area contributed by atoms with E-state index in [0.29, 0.717) is 22.7 Å². The van der Waals surface area contributed by atoms with Gasteiger partial charge in [-0.15, -0.1) is 0 Å². The Labute approximate surface area is 108 Å². The van der Waals surface area contributed by atoms with Crippen LogP contribution in [0.4, 0.5) is 0 Å². The fourth-order valence-corrected chi connectivity index (χ4v) is 3.13. The van der Waals surface area contributed by atoms with Gasteiger partial charge in [-0.05, 0) is 34.0 Å². The molecule has 0 atom stereocenters. The van der Waals surface area contributed by atoms with Crippen LogP contribution in [0.1, 0.15) is 13.8 Å². The molecule has 0 aliphatic heterocycles. The van der Waals surface area contributed by atoms with Crippen molar-refractivity contribution in [3.05, 3.63) is 22.7 Å². The Hall–Kier alpha value is -0.260. The molecule has 0 aliphatic carbocycles. The topological polar surface area (TPSA) is 43.4 Å². The summed E-state index contributed by atoms with van der Waals surface area (Å²) in [5, 5.41) is 0. The van der Waals surface area contributed by atoms with Gasteiger partial charge in [0.1, 0.15) is 10.6 Å². The van der Waals surface area contributed by atoms with Gasteiger partial charge in [0.2, 0.25) is 0 Å². The van der Waals surface area contributed by atoms with E-state index >= 15 is 0 Å². The van der Waals surface area contributed by atoms with Crippen molar-refractivity contribution in [3.63, 3.8) is 0 Å². The molecule has 0 aromatic heterocycles. The normalized spacial score (nSPS) is 11.8. The molecule has 0 fully saturated rings. The van der Waals surface area contributed by atoms with Crippen molar-refractivity contribution >= 4 is 35.7 Å². The first kappa shape index (κ1) is 13.8. The number of benzene rings is 1. The van der Waals surface area contributed by atoms with E-state index in [4.69, 9.17) is 15.4 Å². The number of halogens is 2. The van der Waals surface area contributed by atoms with Crippen LogP contribution in [0, 0.1) is 5.92 Å². The van der Waals surface area contributed by atoms with Gasteiger partial charge < -0.3 is 4.74 Å². The molecular weight excluding hydrogens is 316 g/mol. The molecule has 0 amide bonds. The first-order chi connectivity index (χ1) is 7.30. The molecule has 90 valence electrons. The maximum atomic E-state index is 11.2. The van der Waals surface area contributed by atoms with Gasteiger partial charge in [-0.3, -0.25) is 0 Å². The Bertz CT molecular complexity index is 471. The van der Waals surface area contributed by atoms with Crippen LogP contribution in [0.2, 0.25) is 0 Å². The Kier molecular flexibility index (Phi) is 4.64. The highest BCUT2D eigenvalue weighted by Crippen LogP contribution is 2.29. The number of hydrogen-bond acceptors (Lipinski definition) is 3. The third kappa shape index (κ3) is 3.96. The molecular formula is C10H12BrClO3S. The van der Waals surface area contributed by atoms with Crippen LogP contribution in [-0.2, 0) is 9.05 Å². The standard InChI is InChI=1S/C10H12BrClO3S/c1-7(2)6-15-8-3-4-9(11)10(5-8)16(12,13)14/h3-5,7H,6H2,1-2H3. The van der Waals surface area contributed by atoms with E-state index < -0.39 is 9.05 Å². The molecule has 1 aromatic rings. The van der Waals surface area contributed by atoms with Gasteiger partial charge in [-0.1, -0.05) is 13.8 Å². The van der Waals surface area contributed by atoms with Gasteiger partial charge in [0.15, 0.2) is 0 Å². The largest absolute Gasteiger partial charge is 0.493 e. The summed E-state index contributed by atoms with van der Waals surface area (Å²) in [5.74, 6) is 0.871. The summed E-state index contributed by atoms with van der Waals surface area (Å²) >= 11 is 3.13. The summed E-state index contributed by atoms with van der Waals surface area (Å²) in [6.45, 7) is 4.56. The van der Waals surface area contributed by atoms with E-state index in [1.54, 1.807) is 12.1 Å². The lowest BCUT2D eigenvalue weighted by molar-refractivity contribution is 0.270. The molecule has 6 heteroatoms. The first-order valence-corrected chi connectivity index (χ1v) is 7.78. The number of ether oxygens (including phenoxy) is 1. The van der Waals surface area contributed by atoms with Crippen molar-refractivity contribution in [1.82, 2.24) is 0 Å². The smallest absolute Gasteiger partial charge is 0.262 e. The fourth-order valence-electron chi connectivity index (χ4n) is 1.02. The Balaban J connectivity index is 2.99. The van der Waals surface area contributed by atoms with Gasteiger partial charge >= 0.3 is 0 Å². The molecule has 0 aliphatic rings. The third-order valence-electron chi connectivity index (χ3n) is 1.75. The summed E-state index contributed by atoms with van der Waals surface area (Å²) in [6.07, 6.45) is 0. The predicted octanol–water partition coefficient (Wildman–Crippen LogP) is 3.41. The zero-order chi connectivity index (χ0) is 12.3. The van der Waals surface area contributed by atoms with E-state index in [9.17, 15) is 8.42 Å². The van der Waals surface area contributed by atoms with Gasteiger partial charge in [0.25, 0.3) is 9.05 Å². The molecule has 1 aromatic carbocycles. The Morgan fingerprint density at radius 1 is 1.44 bits per heavy atom. The molecule has 16 heavy (non-hydrogen) atoms. The van der Waals surface area contributed by atoms with Crippen LogP contribution in [0.5, 0.6) is 5.75 Å². The molecule has 0 saturated heterocycles. The highest BCUT2D eigenvalue weighted by molar-refractivity contribution is 9.10. The fraction of sp³-hybridized carbons (Fsp3) is 0.400. The van der Waals surface area contributed by atoms with Gasteiger partial charge in [0, 0.05) is 21.2 Å². The van der Waals surface area contributed by atoms with E-state index in [0.717, 1.165) is 0 Å². The summed E-state index contributed by atoms with van der Waals surface area (Å²) in [6, 6.07) is 4.71. The predicted molar refractivity (Wildman–Crippen MR) is 67.5 cm³/mol. The number of hydrogen-bond donors (Lipinski definition) is 0.